The Morgan fingerprint density at radius 1 is 1.12 bits per heavy atom. The van der Waals surface area contributed by atoms with Gasteiger partial charge in [0.2, 0.25) is 0 Å². The molecular weight excluding hydrogens is 212 g/mol. The monoisotopic (exact) mass is 228 g/mol. The van der Waals surface area contributed by atoms with Crippen LogP contribution in [-0.2, 0) is 9.53 Å². The third-order valence-electron chi connectivity index (χ3n) is 2.94. The van der Waals surface area contributed by atoms with Crippen molar-refractivity contribution >= 4 is 11.4 Å². The molecule has 2 rings (SSSR count). The first-order valence-electron chi connectivity index (χ1n) is 5.63. The fourth-order valence-corrected chi connectivity index (χ4v) is 1.97. The van der Waals surface area contributed by atoms with Crippen LogP contribution in [0.2, 0.25) is 0 Å². The summed E-state index contributed by atoms with van der Waals surface area (Å²) >= 11 is 0. The molecule has 1 aliphatic carbocycles. The van der Waals surface area contributed by atoms with Crippen molar-refractivity contribution in [1.29, 1.82) is 0 Å². The molecule has 0 heterocycles. The van der Waals surface area contributed by atoms with Crippen LogP contribution < -0.4 is 0 Å². The molecule has 0 saturated heterocycles. The zero-order valence-corrected chi connectivity index (χ0v) is 10.4. The maximum atomic E-state index is 12.3. The first-order valence-corrected chi connectivity index (χ1v) is 5.63. The van der Waals surface area contributed by atoms with E-state index in [9.17, 15) is 4.79 Å². The molecule has 0 spiro atoms. The Morgan fingerprint density at radius 2 is 1.76 bits per heavy atom. The Bertz CT molecular complexity index is 493. The van der Waals surface area contributed by atoms with Crippen LogP contribution in [0, 0.1) is 5.41 Å². The number of rotatable bonds is 2. The van der Waals surface area contributed by atoms with Gasteiger partial charge in [-0.3, -0.25) is 4.79 Å². The standard InChI is InChI=1S/C15H16O2/c1-15(2)10-12(17-3)9-13(14(15)16)11-7-5-4-6-8-11/h4-10H,1-3H3. The van der Waals surface area contributed by atoms with E-state index >= 15 is 0 Å². The van der Waals surface area contributed by atoms with Crippen molar-refractivity contribution in [3.05, 3.63) is 53.8 Å². The van der Waals surface area contributed by atoms with Crippen molar-refractivity contribution in [2.24, 2.45) is 5.41 Å². The number of benzene rings is 1. The van der Waals surface area contributed by atoms with Gasteiger partial charge in [-0.2, -0.15) is 0 Å². The summed E-state index contributed by atoms with van der Waals surface area (Å²) in [7, 11) is 1.62. The predicted molar refractivity (Wildman–Crippen MR) is 68.3 cm³/mol. The van der Waals surface area contributed by atoms with Crippen molar-refractivity contribution in [1.82, 2.24) is 0 Å². The molecule has 0 amide bonds. The molecule has 17 heavy (non-hydrogen) atoms. The maximum Gasteiger partial charge on any atom is 0.173 e. The van der Waals surface area contributed by atoms with E-state index in [-0.39, 0.29) is 5.78 Å². The largest absolute Gasteiger partial charge is 0.497 e. The lowest BCUT2D eigenvalue weighted by Gasteiger charge is -2.25. The van der Waals surface area contributed by atoms with E-state index in [1.807, 2.05) is 56.3 Å². The first-order chi connectivity index (χ1) is 8.04. The van der Waals surface area contributed by atoms with Gasteiger partial charge in [-0.25, -0.2) is 0 Å². The molecule has 1 aromatic rings. The summed E-state index contributed by atoms with van der Waals surface area (Å²) in [6.07, 6.45) is 3.67. The SMILES string of the molecule is COC1=CC(C)(C)C(=O)C(c2ccccc2)=C1. The smallest absolute Gasteiger partial charge is 0.173 e. The Labute approximate surface area is 102 Å². The Kier molecular flexibility index (Phi) is 2.88. The van der Waals surface area contributed by atoms with Crippen LogP contribution in [0.4, 0.5) is 0 Å². The summed E-state index contributed by atoms with van der Waals surface area (Å²) in [4.78, 5) is 12.3. The third-order valence-corrected chi connectivity index (χ3v) is 2.94. The molecule has 88 valence electrons. The van der Waals surface area contributed by atoms with Crippen molar-refractivity contribution < 1.29 is 9.53 Å². The third kappa shape index (κ3) is 2.16. The van der Waals surface area contributed by atoms with Gasteiger partial charge < -0.3 is 4.74 Å². The summed E-state index contributed by atoms with van der Waals surface area (Å²) in [5.74, 6) is 0.873. The van der Waals surface area contributed by atoms with Crippen LogP contribution >= 0.6 is 0 Å². The molecule has 0 unspecified atom stereocenters. The van der Waals surface area contributed by atoms with Gasteiger partial charge in [0, 0.05) is 11.0 Å². The summed E-state index contributed by atoms with van der Waals surface area (Å²) < 4.78 is 5.26. The molecule has 0 aliphatic heterocycles. The summed E-state index contributed by atoms with van der Waals surface area (Å²) in [5, 5.41) is 0. The number of carbonyl (C=O) groups is 1. The lowest BCUT2D eigenvalue weighted by atomic mass is 9.78. The molecule has 0 radical (unpaired) electrons. The zero-order chi connectivity index (χ0) is 12.5. The van der Waals surface area contributed by atoms with Gasteiger partial charge in [0.05, 0.1) is 7.11 Å². The summed E-state index contributed by atoms with van der Waals surface area (Å²) in [6.45, 7) is 3.81. The van der Waals surface area contributed by atoms with E-state index in [0.29, 0.717) is 0 Å². The van der Waals surface area contributed by atoms with E-state index in [1.54, 1.807) is 7.11 Å². The quantitative estimate of drug-likeness (QED) is 0.777. The van der Waals surface area contributed by atoms with Gasteiger partial charge in [-0.15, -0.1) is 0 Å². The number of methoxy groups -OCH3 is 1. The maximum absolute atomic E-state index is 12.3. The van der Waals surface area contributed by atoms with Crippen LogP contribution in [0.15, 0.2) is 48.2 Å². The van der Waals surface area contributed by atoms with Gasteiger partial charge in [0.25, 0.3) is 0 Å². The second-order valence-corrected chi connectivity index (χ2v) is 4.73. The average Bonchev–Trinajstić information content (AvgIpc) is 2.33. The second-order valence-electron chi connectivity index (χ2n) is 4.73. The molecule has 0 atom stereocenters. The number of allylic oxidation sites excluding steroid dienone is 3. The minimum absolute atomic E-state index is 0.129. The first kappa shape index (κ1) is 11.6. The molecule has 0 aromatic heterocycles. The highest BCUT2D eigenvalue weighted by atomic mass is 16.5. The summed E-state index contributed by atoms with van der Waals surface area (Å²) in [5.41, 5.74) is 1.15. The molecule has 0 fully saturated rings. The zero-order valence-electron chi connectivity index (χ0n) is 10.4. The van der Waals surface area contributed by atoms with Crippen LogP contribution in [0.5, 0.6) is 0 Å². The van der Waals surface area contributed by atoms with E-state index in [2.05, 4.69) is 0 Å². The van der Waals surface area contributed by atoms with Gasteiger partial charge >= 0.3 is 0 Å². The fraction of sp³-hybridized carbons (Fsp3) is 0.267. The number of carbonyl (C=O) groups excluding carboxylic acids is 1. The molecule has 1 aliphatic rings. The van der Waals surface area contributed by atoms with Crippen LogP contribution in [0.1, 0.15) is 19.4 Å². The average molecular weight is 228 g/mol. The van der Waals surface area contributed by atoms with Crippen LogP contribution in [-0.4, -0.2) is 12.9 Å². The lowest BCUT2D eigenvalue weighted by molar-refractivity contribution is -0.119. The van der Waals surface area contributed by atoms with E-state index in [4.69, 9.17) is 4.74 Å². The highest BCUT2D eigenvalue weighted by Gasteiger charge is 2.32. The normalized spacial score (nSPS) is 18.4. The number of Topliss-reactive ketones (excluding diaryl/α,β-unsaturated/α-hetero) is 1. The Hall–Kier alpha value is -1.83. The topological polar surface area (TPSA) is 26.3 Å². The lowest BCUT2D eigenvalue weighted by Crippen LogP contribution is -2.26. The molecule has 2 heteroatoms. The van der Waals surface area contributed by atoms with Gasteiger partial charge in [-0.05, 0) is 31.6 Å². The minimum atomic E-state index is -0.509. The molecule has 1 aromatic carbocycles. The molecular formula is C15H16O2. The van der Waals surface area contributed by atoms with Crippen molar-refractivity contribution in [2.45, 2.75) is 13.8 Å². The number of ether oxygens (including phenoxy) is 1. The van der Waals surface area contributed by atoms with Crippen LogP contribution in [0.25, 0.3) is 5.57 Å². The van der Waals surface area contributed by atoms with E-state index < -0.39 is 5.41 Å². The second kappa shape index (κ2) is 4.21. The molecule has 0 bridgehead atoms. The molecule has 2 nitrogen and oxygen atoms in total. The fourth-order valence-electron chi connectivity index (χ4n) is 1.97. The van der Waals surface area contributed by atoms with Crippen molar-refractivity contribution in [3.8, 4) is 0 Å². The number of hydrogen-bond acceptors (Lipinski definition) is 2. The number of ketones is 1. The molecule has 0 saturated carbocycles. The predicted octanol–water partition coefficient (Wildman–Crippen LogP) is 3.21. The number of hydrogen-bond donors (Lipinski definition) is 0. The van der Waals surface area contributed by atoms with Gasteiger partial charge in [0.15, 0.2) is 5.78 Å². The summed E-state index contributed by atoms with van der Waals surface area (Å²) in [6, 6.07) is 9.69. The van der Waals surface area contributed by atoms with Crippen LogP contribution in [0.3, 0.4) is 0 Å². The van der Waals surface area contributed by atoms with Gasteiger partial charge in [0.1, 0.15) is 5.76 Å². The molecule has 0 N–H and O–H groups in total. The highest BCUT2D eigenvalue weighted by molar-refractivity contribution is 6.25. The van der Waals surface area contributed by atoms with Crippen molar-refractivity contribution in [2.75, 3.05) is 7.11 Å². The Balaban J connectivity index is 2.50. The highest BCUT2D eigenvalue weighted by Crippen LogP contribution is 2.34. The van der Waals surface area contributed by atoms with Crippen molar-refractivity contribution in [3.63, 3.8) is 0 Å². The minimum Gasteiger partial charge on any atom is -0.497 e. The van der Waals surface area contributed by atoms with Gasteiger partial charge in [-0.1, -0.05) is 30.3 Å². The van der Waals surface area contributed by atoms with E-state index in [1.165, 1.54) is 0 Å². The van der Waals surface area contributed by atoms with E-state index in [0.717, 1.165) is 16.9 Å². The Morgan fingerprint density at radius 3 is 2.35 bits per heavy atom.